The van der Waals surface area contributed by atoms with E-state index >= 15 is 0 Å². The first kappa shape index (κ1) is 7.98. The topological polar surface area (TPSA) is 38.7 Å². The summed E-state index contributed by atoms with van der Waals surface area (Å²) in [5.41, 5.74) is 0. The number of hydrogen-bond donors (Lipinski definition) is 1. The van der Waals surface area contributed by atoms with Crippen molar-refractivity contribution in [3.8, 4) is 0 Å². The van der Waals surface area contributed by atoms with Crippen molar-refractivity contribution in [2.75, 3.05) is 13.7 Å². The van der Waals surface area contributed by atoms with E-state index < -0.39 is 6.10 Å². The summed E-state index contributed by atoms with van der Waals surface area (Å²) in [6.07, 6.45) is 0.426. The van der Waals surface area contributed by atoms with Gasteiger partial charge in [-0.1, -0.05) is 6.92 Å². The lowest BCUT2D eigenvalue weighted by atomic mass is 10.1. The Balaban J connectivity index is 2.45. The molecule has 3 heteroatoms. The van der Waals surface area contributed by atoms with E-state index in [9.17, 15) is 5.11 Å². The number of ether oxygens (including phenoxy) is 2. The minimum atomic E-state index is -0.435. The van der Waals surface area contributed by atoms with Crippen LogP contribution >= 0.6 is 0 Å². The molecule has 0 saturated carbocycles. The summed E-state index contributed by atoms with van der Waals surface area (Å²) in [4.78, 5) is 0. The van der Waals surface area contributed by atoms with Crippen molar-refractivity contribution in [2.45, 2.75) is 31.7 Å². The van der Waals surface area contributed by atoms with Gasteiger partial charge in [0.05, 0.1) is 12.7 Å². The maximum absolute atomic E-state index is 9.24. The molecule has 0 aromatic rings. The second-order valence-corrected chi connectivity index (χ2v) is 2.55. The van der Waals surface area contributed by atoms with E-state index in [2.05, 4.69) is 0 Å². The van der Waals surface area contributed by atoms with Crippen molar-refractivity contribution >= 4 is 0 Å². The Morgan fingerprint density at radius 3 is 2.80 bits per heavy atom. The fraction of sp³-hybridized carbons (Fsp3) is 1.00. The van der Waals surface area contributed by atoms with E-state index in [-0.39, 0.29) is 12.2 Å². The van der Waals surface area contributed by atoms with Crippen molar-refractivity contribution in [3.63, 3.8) is 0 Å². The highest BCUT2D eigenvalue weighted by Gasteiger charge is 2.34. The molecular formula is C7H14O3. The van der Waals surface area contributed by atoms with Crippen LogP contribution in [0.2, 0.25) is 0 Å². The first-order valence-electron chi connectivity index (χ1n) is 3.62. The van der Waals surface area contributed by atoms with Gasteiger partial charge in [-0.25, -0.2) is 0 Å². The van der Waals surface area contributed by atoms with E-state index in [0.717, 1.165) is 6.42 Å². The molecule has 0 spiro atoms. The number of methoxy groups -OCH3 is 1. The van der Waals surface area contributed by atoms with Gasteiger partial charge in [0, 0.05) is 7.11 Å². The predicted octanol–water partition coefficient (Wildman–Crippen LogP) is 0.171. The van der Waals surface area contributed by atoms with Gasteiger partial charge in [0.25, 0.3) is 0 Å². The van der Waals surface area contributed by atoms with E-state index in [4.69, 9.17) is 9.47 Å². The molecule has 3 atom stereocenters. The largest absolute Gasteiger partial charge is 0.388 e. The Morgan fingerprint density at radius 2 is 2.40 bits per heavy atom. The third-order valence-corrected chi connectivity index (χ3v) is 1.90. The molecule has 0 radical (unpaired) electrons. The van der Waals surface area contributed by atoms with Crippen molar-refractivity contribution in [1.82, 2.24) is 0 Å². The molecule has 1 fully saturated rings. The van der Waals surface area contributed by atoms with Crippen LogP contribution < -0.4 is 0 Å². The van der Waals surface area contributed by atoms with Crippen LogP contribution in [-0.2, 0) is 9.47 Å². The number of aliphatic hydroxyl groups is 1. The minimum absolute atomic E-state index is 0.0833. The fourth-order valence-corrected chi connectivity index (χ4v) is 1.32. The predicted molar refractivity (Wildman–Crippen MR) is 36.8 cm³/mol. The van der Waals surface area contributed by atoms with Gasteiger partial charge in [-0.3, -0.25) is 0 Å². The van der Waals surface area contributed by atoms with Gasteiger partial charge in [-0.05, 0) is 6.42 Å². The molecule has 60 valence electrons. The van der Waals surface area contributed by atoms with Crippen LogP contribution in [0.3, 0.4) is 0 Å². The highest BCUT2D eigenvalue weighted by Crippen LogP contribution is 2.19. The molecule has 1 aliphatic heterocycles. The fourth-order valence-electron chi connectivity index (χ4n) is 1.32. The summed E-state index contributed by atoms with van der Waals surface area (Å²) in [7, 11) is 1.60. The molecule has 1 rings (SSSR count). The Bertz CT molecular complexity index is 105. The number of rotatable bonds is 2. The van der Waals surface area contributed by atoms with Gasteiger partial charge in [0.15, 0.2) is 0 Å². The third kappa shape index (κ3) is 1.31. The second-order valence-electron chi connectivity index (χ2n) is 2.55. The molecule has 1 heterocycles. The lowest BCUT2D eigenvalue weighted by Gasteiger charge is -2.16. The SMILES string of the molecule is CC[C@H]1OC[C@@H](O)[C@H]1OC. The van der Waals surface area contributed by atoms with E-state index in [0.29, 0.717) is 6.61 Å². The molecule has 1 aliphatic rings. The smallest absolute Gasteiger partial charge is 0.111 e. The first-order chi connectivity index (χ1) is 4.79. The molecule has 0 aliphatic carbocycles. The summed E-state index contributed by atoms with van der Waals surface area (Å²) in [6, 6.07) is 0. The normalized spacial score (nSPS) is 40.5. The zero-order valence-corrected chi connectivity index (χ0v) is 6.41. The van der Waals surface area contributed by atoms with Gasteiger partial charge < -0.3 is 14.6 Å². The van der Waals surface area contributed by atoms with Crippen LogP contribution in [0.15, 0.2) is 0 Å². The average molecular weight is 146 g/mol. The third-order valence-electron chi connectivity index (χ3n) is 1.90. The van der Waals surface area contributed by atoms with Gasteiger partial charge in [-0.15, -0.1) is 0 Å². The highest BCUT2D eigenvalue weighted by molar-refractivity contribution is 4.83. The summed E-state index contributed by atoms with van der Waals surface area (Å²) < 4.78 is 10.3. The summed E-state index contributed by atoms with van der Waals surface area (Å²) in [6.45, 7) is 2.44. The quantitative estimate of drug-likeness (QED) is 0.603. The Kier molecular flexibility index (Phi) is 2.65. The standard InChI is InChI=1S/C7H14O3/c1-3-6-7(9-2)5(8)4-10-6/h5-8H,3-4H2,1-2H3/t5-,6-,7-/m1/s1. The summed E-state index contributed by atoms with van der Waals surface area (Å²) in [5.74, 6) is 0. The number of hydrogen-bond acceptors (Lipinski definition) is 3. The molecule has 0 aromatic carbocycles. The molecule has 10 heavy (non-hydrogen) atoms. The zero-order valence-electron chi connectivity index (χ0n) is 6.41. The van der Waals surface area contributed by atoms with Crippen molar-refractivity contribution < 1.29 is 14.6 Å². The van der Waals surface area contributed by atoms with Crippen LogP contribution in [0.5, 0.6) is 0 Å². The number of aliphatic hydroxyl groups excluding tert-OH is 1. The van der Waals surface area contributed by atoms with Crippen molar-refractivity contribution in [1.29, 1.82) is 0 Å². The van der Waals surface area contributed by atoms with Gasteiger partial charge in [-0.2, -0.15) is 0 Å². The maximum atomic E-state index is 9.24. The molecule has 0 amide bonds. The molecule has 0 bridgehead atoms. The average Bonchev–Trinajstić information content (AvgIpc) is 2.30. The molecule has 0 aromatic heterocycles. The van der Waals surface area contributed by atoms with Crippen LogP contribution in [0.4, 0.5) is 0 Å². The van der Waals surface area contributed by atoms with Gasteiger partial charge in [0.2, 0.25) is 0 Å². The van der Waals surface area contributed by atoms with Crippen LogP contribution in [0, 0.1) is 0 Å². The molecule has 3 nitrogen and oxygen atoms in total. The summed E-state index contributed by atoms with van der Waals surface area (Å²) >= 11 is 0. The van der Waals surface area contributed by atoms with Crippen molar-refractivity contribution in [3.05, 3.63) is 0 Å². The minimum Gasteiger partial charge on any atom is -0.388 e. The molecular weight excluding hydrogens is 132 g/mol. The Labute approximate surface area is 60.9 Å². The van der Waals surface area contributed by atoms with E-state index in [1.54, 1.807) is 7.11 Å². The lowest BCUT2D eigenvalue weighted by molar-refractivity contribution is -0.0112. The first-order valence-corrected chi connectivity index (χ1v) is 3.62. The molecule has 1 saturated heterocycles. The Hall–Kier alpha value is -0.120. The lowest BCUT2D eigenvalue weighted by Crippen LogP contribution is -2.31. The van der Waals surface area contributed by atoms with E-state index in [1.165, 1.54) is 0 Å². The van der Waals surface area contributed by atoms with Crippen LogP contribution in [0.1, 0.15) is 13.3 Å². The van der Waals surface area contributed by atoms with Crippen LogP contribution in [-0.4, -0.2) is 37.1 Å². The zero-order chi connectivity index (χ0) is 7.56. The summed E-state index contributed by atoms with van der Waals surface area (Å²) in [5, 5.41) is 9.24. The maximum Gasteiger partial charge on any atom is 0.111 e. The Morgan fingerprint density at radius 1 is 1.70 bits per heavy atom. The molecule has 1 N–H and O–H groups in total. The van der Waals surface area contributed by atoms with Crippen LogP contribution in [0.25, 0.3) is 0 Å². The van der Waals surface area contributed by atoms with Crippen molar-refractivity contribution in [2.24, 2.45) is 0 Å². The van der Waals surface area contributed by atoms with Gasteiger partial charge >= 0.3 is 0 Å². The monoisotopic (exact) mass is 146 g/mol. The van der Waals surface area contributed by atoms with Gasteiger partial charge in [0.1, 0.15) is 12.2 Å². The van der Waals surface area contributed by atoms with E-state index in [1.807, 2.05) is 6.92 Å². The second kappa shape index (κ2) is 3.32. The molecule has 0 unspecified atom stereocenters. The highest BCUT2D eigenvalue weighted by atomic mass is 16.6.